The highest BCUT2D eigenvalue weighted by Gasteiger charge is 2.38. The Morgan fingerprint density at radius 3 is 3.00 bits per heavy atom. The molecule has 1 amide bonds. The molecule has 3 atom stereocenters. The normalized spacial score (nSPS) is 27.5. The number of nitrogens with zero attached hydrogens (tertiary/aromatic N) is 1. The molecule has 7 heteroatoms. The predicted molar refractivity (Wildman–Crippen MR) is 84.7 cm³/mol. The summed E-state index contributed by atoms with van der Waals surface area (Å²) in [6, 6.07) is 3.23. The third-order valence-electron chi connectivity index (χ3n) is 4.77. The van der Waals surface area contributed by atoms with Crippen molar-refractivity contribution in [1.82, 2.24) is 4.90 Å². The molecule has 1 N–H and O–H groups in total. The van der Waals surface area contributed by atoms with Crippen LogP contribution in [-0.2, 0) is 14.3 Å². The van der Waals surface area contributed by atoms with Gasteiger partial charge in [0.05, 0.1) is 31.0 Å². The van der Waals surface area contributed by atoms with E-state index in [1.54, 1.807) is 7.11 Å². The van der Waals surface area contributed by atoms with Crippen molar-refractivity contribution in [2.75, 3.05) is 32.1 Å². The molecule has 132 valence electrons. The maximum Gasteiger partial charge on any atom is 0.238 e. The van der Waals surface area contributed by atoms with Gasteiger partial charge in [0, 0.05) is 25.8 Å². The number of ether oxygens (including phenoxy) is 2. The molecule has 0 spiro atoms. The molecule has 2 fully saturated rings. The fourth-order valence-electron chi connectivity index (χ4n) is 3.52. The van der Waals surface area contributed by atoms with Gasteiger partial charge >= 0.3 is 0 Å². The average Bonchev–Trinajstić information content (AvgIpc) is 2.57. The van der Waals surface area contributed by atoms with Crippen molar-refractivity contribution in [3.63, 3.8) is 0 Å². The summed E-state index contributed by atoms with van der Waals surface area (Å²) in [4.78, 5) is 14.3. The monoisotopic (exact) mass is 340 g/mol. The minimum atomic E-state index is -0.777. The Hall–Kier alpha value is -1.57. The highest BCUT2D eigenvalue weighted by Crippen LogP contribution is 2.30. The molecular formula is C17H22F2N2O3. The van der Waals surface area contributed by atoms with E-state index in [0.29, 0.717) is 13.2 Å². The zero-order valence-corrected chi connectivity index (χ0v) is 13.6. The molecule has 24 heavy (non-hydrogen) atoms. The Morgan fingerprint density at radius 1 is 1.42 bits per heavy atom. The number of carbonyl (C=O) groups excluding carboxylic acids is 1. The third-order valence-corrected chi connectivity index (χ3v) is 4.77. The predicted octanol–water partition coefficient (Wildman–Crippen LogP) is 2.17. The molecule has 1 aliphatic carbocycles. The molecule has 1 aromatic carbocycles. The number of rotatable bonds is 4. The Kier molecular flexibility index (Phi) is 5.43. The lowest BCUT2D eigenvalue weighted by Crippen LogP contribution is -2.56. The van der Waals surface area contributed by atoms with Crippen LogP contribution in [-0.4, -0.2) is 55.9 Å². The molecule has 0 radical (unpaired) electrons. The van der Waals surface area contributed by atoms with E-state index < -0.39 is 11.6 Å². The van der Waals surface area contributed by atoms with Crippen LogP contribution in [0.15, 0.2) is 18.2 Å². The van der Waals surface area contributed by atoms with Crippen LogP contribution in [0.4, 0.5) is 14.5 Å². The first-order valence-electron chi connectivity index (χ1n) is 8.20. The summed E-state index contributed by atoms with van der Waals surface area (Å²) in [6.07, 6.45) is 2.97. The summed E-state index contributed by atoms with van der Waals surface area (Å²) in [5.41, 5.74) is -0.00961. The lowest BCUT2D eigenvalue weighted by atomic mass is 9.88. The van der Waals surface area contributed by atoms with Gasteiger partial charge in [-0.25, -0.2) is 8.78 Å². The van der Waals surface area contributed by atoms with E-state index in [-0.39, 0.29) is 36.4 Å². The Balaban J connectivity index is 1.62. The number of hydrogen-bond acceptors (Lipinski definition) is 4. The summed E-state index contributed by atoms with van der Waals surface area (Å²) in [5, 5.41) is 2.51. The van der Waals surface area contributed by atoms with Gasteiger partial charge in [-0.3, -0.25) is 9.69 Å². The second-order valence-electron chi connectivity index (χ2n) is 6.29. The van der Waals surface area contributed by atoms with Crippen LogP contribution in [0.1, 0.15) is 19.3 Å². The molecule has 2 aliphatic rings. The van der Waals surface area contributed by atoms with Crippen LogP contribution in [0.2, 0.25) is 0 Å². The number of methoxy groups -OCH3 is 1. The third kappa shape index (κ3) is 3.91. The first-order chi connectivity index (χ1) is 11.6. The Morgan fingerprint density at radius 2 is 2.25 bits per heavy atom. The Labute approximate surface area is 139 Å². The molecule has 3 rings (SSSR count). The maximum atomic E-state index is 13.7. The standard InChI is InChI=1S/C17H22F2N2O3/c1-23-12-3-5-16-15(9-12)21(6-7-24-16)10-17(22)20-14-4-2-11(18)8-13(14)19/h2,4,8,12,15-16H,3,5-7,9-10H2,1H3,(H,20,22)/t12-,15-,16+/m1/s1. The lowest BCUT2D eigenvalue weighted by molar-refractivity contribution is -0.130. The van der Waals surface area contributed by atoms with E-state index in [4.69, 9.17) is 9.47 Å². The largest absolute Gasteiger partial charge is 0.381 e. The second kappa shape index (κ2) is 7.55. The van der Waals surface area contributed by atoms with Gasteiger partial charge in [0.15, 0.2) is 0 Å². The highest BCUT2D eigenvalue weighted by atomic mass is 19.1. The van der Waals surface area contributed by atoms with E-state index in [2.05, 4.69) is 10.2 Å². The minimum Gasteiger partial charge on any atom is -0.381 e. The van der Waals surface area contributed by atoms with Crippen molar-refractivity contribution in [3.8, 4) is 0 Å². The molecule has 0 unspecified atom stereocenters. The van der Waals surface area contributed by atoms with E-state index in [1.165, 1.54) is 6.07 Å². The van der Waals surface area contributed by atoms with Gasteiger partial charge < -0.3 is 14.8 Å². The maximum absolute atomic E-state index is 13.7. The molecule has 1 aromatic rings. The number of benzene rings is 1. The van der Waals surface area contributed by atoms with E-state index in [0.717, 1.165) is 31.4 Å². The zero-order valence-electron chi connectivity index (χ0n) is 13.6. The highest BCUT2D eigenvalue weighted by molar-refractivity contribution is 5.92. The van der Waals surface area contributed by atoms with E-state index in [1.807, 2.05) is 0 Å². The summed E-state index contributed by atoms with van der Waals surface area (Å²) in [6.45, 7) is 1.38. The van der Waals surface area contributed by atoms with Crippen molar-refractivity contribution in [2.24, 2.45) is 0 Å². The van der Waals surface area contributed by atoms with E-state index >= 15 is 0 Å². The van der Waals surface area contributed by atoms with Crippen molar-refractivity contribution in [1.29, 1.82) is 0 Å². The molecular weight excluding hydrogens is 318 g/mol. The van der Waals surface area contributed by atoms with Crippen LogP contribution in [0.5, 0.6) is 0 Å². The number of halogens is 2. The summed E-state index contributed by atoms with van der Waals surface area (Å²) < 4.78 is 37.8. The molecule has 1 heterocycles. The number of carbonyl (C=O) groups is 1. The lowest BCUT2D eigenvalue weighted by Gasteiger charge is -2.45. The van der Waals surface area contributed by atoms with Crippen LogP contribution < -0.4 is 5.32 Å². The SMILES string of the molecule is CO[C@@H]1CC[C@@H]2OCCN(CC(=O)Nc3ccc(F)cc3F)[C@@H]2C1. The van der Waals surface area contributed by atoms with Gasteiger partial charge in [0.1, 0.15) is 11.6 Å². The van der Waals surface area contributed by atoms with Crippen LogP contribution in [0.3, 0.4) is 0 Å². The number of nitrogens with one attached hydrogen (secondary N) is 1. The smallest absolute Gasteiger partial charge is 0.238 e. The van der Waals surface area contributed by atoms with Gasteiger partial charge in [-0.05, 0) is 31.4 Å². The first-order valence-corrected chi connectivity index (χ1v) is 8.20. The molecule has 1 saturated carbocycles. The van der Waals surface area contributed by atoms with Crippen molar-refractivity contribution in [2.45, 2.75) is 37.5 Å². The fourth-order valence-corrected chi connectivity index (χ4v) is 3.52. The second-order valence-corrected chi connectivity index (χ2v) is 6.29. The number of fused-ring (bicyclic) bond motifs is 1. The number of amides is 1. The number of hydrogen-bond donors (Lipinski definition) is 1. The van der Waals surface area contributed by atoms with Crippen molar-refractivity contribution >= 4 is 11.6 Å². The molecule has 1 aliphatic heterocycles. The van der Waals surface area contributed by atoms with Crippen LogP contribution in [0, 0.1) is 11.6 Å². The fraction of sp³-hybridized carbons (Fsp3) is 0.588. The van der Waals surface area contributed by atoms with Gasteiger partial charge in [-0.15, -0.1) is 0 Å². The number of morpholine rings is 1. The quantitative estimate of drug-likeness (QED) is 0.913. The Bertz CT molecular complexity index is 599. The van der Waals surface area contributed by atoms with Crippen LogP contribution in [0.25, 0.3) is 0 Å². The molecule has 0 aromatic heterocycles. The molecule has 1 saturated heterocycles. The average molecular weight is 340 g/mol. The van der Waals surface area contributed by atoms with Gasteiger partial charge in [0.25, 0.3) is 0 Å². The number of anilines is 1. The van der Waals surface area contributed by atoms with Gasteiger partial charge in [0.2, 0.25) is 5.91 Å². The molecule has 5 nitrogen and oxygen atoms in total. The first kappa shape index (κ1) is 17.3. The van der Waals surface area contributed by atoms with Gasteiger partial charge in [-0.1, -0.05) is 0 Å². The summed E-state index contributed by atoms with van der Waals surface area (Å²) >= 11 is 0. The van der Waals surface area contributed by atoms with Crippen molar-refractivity contribution < 1.29 is 23.0 Å². The van der Waals surface area contributed by atoms with E-state index in [9.17, 15) is 13.6 Å². The summed E-state index contributed by atoms with van der Waals surface area (Å²) in [7, 11) is 1.70. The minimum absolute atomic E-state index is 0.00961. The van der Waals surface area contributed by atoms with Gasteiger partial charge in [-0.2, -0.15) is 0 Å². The topological polar surface area (TPSA) is 50.8 Å². The van der Waals surface area contributed by atoms with Crippen molar-refractivity contribution in [3.05, 3.63) is 29.8 Å². The van der Waals surface area contributed by atoms with Crippen LogP contribution >= 0.6 is 0 Å². The molecule has 0 bridgehead atoms. The zero-order chi connectivity index (χ0) is 17.1. The summed E-state index contributed by atoms with van der Waals surface area (Å²) in [5.74, 6) is -1.77.